The normalized spacial score (nSPS) is 22.0. The number of para-hydroxylation sites is 1. The van der Waals surface area contributed by atoms with Crippen LogP contribution in [0.4, 0.5) is 5.13 Å². The zero-order chi connectivity index (χ0) is 29.6. The van der Waals surface area contributed by atoms with E-state index in [0.29, 0.717) is 41.4 Å². The van der Waals surface area contributed by atoms with Gasteiger partial charge in [-0.2, -0.15) is 0 Å². The summed E-state index contributed by atoms with van der Waals surface area (Å²) in [5.74, 6) is 0.371. The van der Waals surface area contributed by atoms with Gasteiger partial charge in [0.25, 0.3) is 0 Å². The van der Waals surface area contributed by atoms with Crippen LogP contribution >= 0.6 is 22.7 Å². The van der Waals surface area contributed by atoms with Gasteiger partial charge in [-0.25, -0.2) is 9.97 Å². The van der Waals surface area contributed by atoms with Crippen molar-refractivity contribution in [3.05, 3.63) is 112 Å². The minimum Gasteiger partial charge on any atom is -0.374 e. The van der Waals surface area contributed by atoms with Crippen molar-refractivity contribution in [2.24, 2.45) is 11.8 Å². The maximum Gasteiger partial charge on any atom is 0.233 e. The second-order valence-electron chi connectivity index (χ2n) is 10.9. The van der Waals surface area contributed by atoms with Crippen LogP contribution in [0.1, 0.15) is 39.7 Å². The molecular weight excluding hydrogens is 579 g/mol. The van der Waals surface area contributed by atoms with Crippen molar-refractivity contribution in [1.29, 1.82) is 0 Å². The molecule has 43 heavy (non-hydrogen) atoms. The quantitative estimate of drug-likeness (QED) is 0.149. The molecule has 0 bridgehead atoms. The smallest absolute Gasteiger partial charge is 0.233 e. The molecule has 7 nitrogen and oxygen atoms in total. The number of carbonyl (C=O) groups is 1. The number of nitrogens with zero attached hydrogens (tertiary/aromatic N) is 2. The van der Waals surface area contributed by atoms with Crippen molar-refractivity contribution in [2.75, 3.05) is 18.5 Å². The molecule has 1 aliphatic rings. The second-order valence-corrected chi connectivity index (χ2v) is 13.0. The van der Waals surface area contributed by atoms with E-state index in [2.05, 4.69) is 53.4 Å². The number of anilines is 1. The fourth-order valence-corrected chi connectivity index (χ4v) is 7.12. The largest absolute Gasteiger partial charge is 0.374 e. The van der Waals surface area contributed by atoms with Crippen LogP contribution in [0.5, 0.6) is 0 Å². The van der Waals surface area contributed by atoms with Crippen LogP contribution in [0.2, 0.25) is 0 Å². The Morgan fingerprint density at radius 2 is 1.56 bits per heavy atom. The van der Waals surface area contributed by atoms with Gasteiger partial charge in [-0.05, 0) is 35.1 Å². The number of ketones is 1. The Bertz CT molecular complexity index is 1590. The van der Waals surface area contributed by atoms with Gasteiger partial charge in [0.1, 0.15) is 6.10 Å². The van der Waals surface area contributed by atoms with Gasteiger partial charge >= 0.3 is 0 Å². The molecule has 6 rings (SSSR count). The Balaban J connectivity index is 1.12. The van der Waals surface area contributed by atoms with E-state index in [9.17, 15) is 4.79 Å². The molecule has 3 heterocycles. The highest BCUT2D eigenvalue weighted by Crippen LogP contribution is 2.34. The van der Waals surface area contributed by atoms with Gasteiger partial charge in [-0.3, -0.25) is 4.79 Å². The van der Waals surface area contributed by atoms with Crippen LogP contribution in [0.15, 0.2) is 91.1 Å². The standard InChI is InChI=1S/C34H35N3O4S2/c1-22-23(2)32(40-20-25-13-7-4-8-14-25)27(41-28(22)21-39-19-24-11-5-3-6-12-24)17-35-34-36-18-30(43-34)31(38)33-37-26-15-9-10-16-29(26)42-33/h3-16,18,22-23,27-28,32H,17,19-21H2,1-2H3,(H,35,36). The topological polar surface area (TPSA) is 82.6 Å². The van der Waals surface area contributed by atoms with Crippen LogP contribution in [0, 0.1) is 11.8 Å². The Labute approximate surface area is 259 Å². The summed E-state index contributed by atoms with van der Waals surface area (Å²) in [7, 11) is 0. The first-order valence-electron chi connectivity index (χ1n) is 14.6. The fraction of sp³-hybridized carbons (Fsp3) is 0.324. The summed E-state index contributed by atoms with van der Waals surface area (Å²) in [6, 6.07) is 28.2. The first kappa shape index (κ1) is 29.6. The van der Waals surface area contributed by atoms with E-state index in [-0.39, 0.29) is 35.9 Å². The summed E-state index contributed by atoms with van der Waals surface area (Å²) in [4.78, 5) is 22.7. The molecule has 1 saturated heterocycles. The van der Waals surface area contributed by atoms with E-state index < -0.39 is 0 Å². The van der Waals surface area contributed by atoms with Crippen molar-refractivity contribution in [1.82, 2.24) is 9.97 Å². The minimum absolute atomic E-state index is 0.0745. The summed E-state index contributed by atoms with van der Waals surface area (Å²) in [6.07, 6.45) is 1.19. The summed E-state index contributed by atoms with van der Waals surface area (Å²) < 4.78 is 20.3. The number of aromatic nitrogens is 2. The molecule has 2 aromatic heterocycles. The highest BCUT2D eigenvalue weighted by Gasteiger charge is 2.42. The molecule has 1 N–H and O–H groups in total. The van der Waals surface area contributed by atoms with E-state index in [0.717, 1.165) is 21.3 Å². The number of carbonyl (C=O) groups excluding carboxylic acids is 1. The van der Waals surface area contributed by atoms with Crippen LogP contribution in [-0.4, -0.2) is 47.2 Å². The number of ether oxygens (including phenoxy) is 3. The molecule has 1 aliphatic heterocycles. The Kier molecular flexibility index (Phi) is 9.55. The third kappa shape index (κ3) is 7.20. The van der Waals surface area contributed by atoms with Gasteiger partial charge in [-0.1, -0.05) is 98.0 Å². The van der Waals surface area contributed by atoms with E-state index in [1.807, 2.05) is 60.7 Å². The lowest BCUT2D eigenvalue weighted by Gasteiger charge is -2.44. The van der Waals surface area contributed by atoms with Crippen LogP contribution < -0.4 is 5.32 Å². The number of hydrogen-bond acceptors (Lipinski definition) is 9. The van der Waals surface area contributed by atoms with Crippen LogP contribution in [0.25, 0.3) is 10.2 Å². The zero-order valence-corrected chi connectivity index (χ0v) is 25.9. The second kappa shape index (κ2) is 13.9. The number of thiazole rings is 2. The van der Waals surface area contributed by atoms with E-state index in [1.165, 1.54) is 22.7 Å². The monoisotopic (exact) mass is 613 g/mol. The van der Waals surface area contributed by atoms with E-state index in [1.54, 1.807) is 6.20 Å². The molecule has 0 saturated carbocycles. The SMILES string of the molecule is CC1C(COCc2ccccc2)OC(CNc2ncc(C(=O)c3nc4ccccc4s3)s2)C(OCc2ccccc2)C1C. The zero-order valence-electron chi connectivity index (χ0n) is 24.2. The Morgan fingerprint density at radius 1 is 0.860 bits per heavy atom. The molecule has 0 aliphatic carbocycles. The molecule has 9 heteroatoms. The van der Waals surface area contributed by atoms with Gasteiger partial charge in [0.15, 0.2) is 10.1 Å². The Morgan fingerprint density at radius 3 is 2.30 bits per heavy atom. The van der Waals surface area contributed by atoms with E-state index in [4.69, 9.17) is 14.2 Å². The van der Waals surface area contributed by atoms with Gasteiger partial charge in [0.2, 0.25) is 5.78 Å². The Hall–Kier alpha value is -3.47. The van der Waals surface area contributed by atoms with Gasteiger partial charge in [0.05, 0.1) is 53.3 Å². The van der Waals surface area contributed by atoms with Crippen LogP contribution in [0.3, 0.4) is 0 Å². The molecule has 0 amide bonds. The maximum atomic E-state index is 13.2. The highest BCUT2D eigenvalue weighted by atomic mass is 32.1. The van der Waals surface area contributed by atoms with E-state index >= 15 is 0 Å². The summed E-state index contributed by atoms with van der Waals surface area (Å²) in [5.41, 5.74) is 3.10. The first-order valence-corrected chi connectivity index (χ1v) is 16.2. The van der Waals surface area contributed by atoms with Gasteiger partial charge < -0.3 is 19.5 Å². The molecule has 1 fully saturated rings. The summed E-state index contributed by atoms with van der Waals surface area (Å²) in [6.45, 7) is 6.50. The lowest BCUT2D eigenvalue weighted by atomic mass is 9.81. The predicted octanol–water partition coefficient (Wildman–Crippen LogP) is 7.24. The third-order valence-electron chi connectivity index (χ3n) is 8.00. The molecule has 5 aromatic rings. The average molecular weight is 614 g/mol. The molecule has 0 spiro atoms. The lowest BCUT2D eigenvalue weighted by molar-refractivity contribution is -0.199. The molecule has 5 atom stereocenters. The summed E-state index contributed by atoms with van der Waals surface area (Å²) in [5, 5.41) is 4.57. The van der Waals surface area contributed by atoms with Crippen molar-refractivity contribution < 1.29 is 19.0 Å². The van der Waals surface area contributed by atoms with Crippen molar-refractivity contribution in [3.63, 3.8) is 0 Å². The van der Waals surface area contributed by atoms with Gasteiger partial charge in [0, 0.05) is 6.54 Å². The molecule has 5 unspecified atom stereocenters. The molecule has 3 aromatic carbocycles. The van der Waals surface area contributed by atoms with Gasteiger partial charge in [-0.15, -0.1) is 11.3 Å². The number of nitrogens with one attached hydrogen (secondary N) is 1. The summed E-state index contributed by atoms with van der Waals surface area (Å²) >= 11 is 2.74. The fourth-order valence-electron chi connectivity index (χ4n) is 5.37. The molecular formula is C34H35N3O4S2. The molecule has 222 valence electrons. The van der Waals surface area contributed by atoms with Crippen molar-refractivity contribution in [2.45, 2.75) is 45.4 Å². The lowest BCUT2D eigenvalue weighted by Crippen LogP contribution is -2.54. The highest BCUT2D eigenvalue weighted by molar-refractivity contribution is 7.22. The molecule has 0 radical (unpaired) electrons. The van der Waals surface area contributed by atoms with Crippen molar-refractivity contribution in [3.8, 4) is 0 Å². The number of fused-ring (bicyclic) bond motifs is 1. The predicted molar refractivity (Wildman–Crippen MR) is 172 cm³/mol. The number of rotatable bonds is 12. The first-order chi connectivity index (χ1) is 21.0. The van der Waals surface area contributed by atoms with Crippen molar-refractivity contribution >= 4 is 43.8 Å². The van der Waals surface area contributed by atoms with Crippen LogP contribution in [-0.2, 0) is 27.4 Å². The number of hydrogen-bond donors (Lipinski definition) is 1. The number of benzene rings is 3. The minimum atomic E-state index is -0.229. The average Bonchev–Trinajstić information content (AvgIpc) is 3.70. The maximum absolute atomic E-state index is 13.2. The third-order valence-corrected chi connectivity index (χ3v) is 9.99.